The Morgan fingerprint density at radius 2 is 1.69 bits per heavy atom. The molecule has 1 aromatic carbocycles. The van der Waals surface area contributed by atoms with Crippen LogP contribution in [-0.2, 0) is 20.9 Å². The Bertz CT molecular complexity index is 834. The number of nitrogens with one attached hydrogen (secondary N) is 2. The van der Waals surface area contributed by atoms with Crippen molar-refractivity contribution in [3.05, 3.63) is 35.9 Å². The number of aliphatic carboxylic acids is 1. The predicted molar refractivity (Wildman–Crippen MR) is 129 cm³/mol. The first-order chi connectivity index (χ1) is 16.7. The van der Waals surface area contributed by atoms with Crippen molar-refractivity contribution in [1.82, 2.24) is 15.5 Å². The van der Waals surface area contributed by atoms with Crippen molar-refractivity contribution in [2.24, 2.45) is 11.8 Å². The molecule has 0 spiro atoms. The number of rotatable bonds is 8. The molecule has 0 aliphatic heterocycles. The smallest absolute Gasteiger partial charge is 0.475 e. The van der Waals surface area contributed by atoms with Gasteiger partial charge in [-0.25, -0.2) is 9.59 Å². The first-order valence-electron chi connectivity index (χ1n) is 12.0. The number of ether oxygens (including phenoxy) is 1. The molecule has 204 valence electrons. The van der Waals surface area contributed by atoms with Crippen LogP contribution < -0.4 is 10.6 Å². The molecule has 0 heterocycles. The standard InChI is InChI=1S/C23H37N3O3.C2HF3O2/c1-16(2)20-13-19(26(5)17(3)4)11-12-21(20)25-22(27)14-24-23(28)29-15-18-9-7-6-8-10-18;3-2(4,5)1(6)7/h6-10,16-17,19-21H,11-15H2,1-5H3,(H,24,28)(H,25,27);(H,6,7)/t19-,20+,21+;/m1./s1. The lowest BCUT2D eigenvalue weighted by molar-refractivity contribution is -0.192. The minimum Gasteiger partial charge on any atom is -0.475 e. The number of carbonyl (C=O) groups is 3. The van der Waals surface area contributed by atoms with Gasteiger partial charge in [0.15, 0.2) is 0 Å². The Kier molecular flexibility index (Phi) is 12.7. The first-order valence-corrected chi connectivity index (χ1v) is 12.0. The second-order valence-corrected chi connectivity index (χ2v) is 9.53. The molecule has 1 fully saturated rings. The Labute approximate surface area is 210 Å². The lowest BCUT2D eigenvalue weighted by atomic mass is 9.75. The zero-order valence-electron chi connectivity index (χ0n) is 21.5. The number of carbonyl (C=O) groups excluding carboxylic acids is 2. The fourth-order valence-corrected chi connectivity index (χ4v) is 4.07. The highest BCUT2D eigenvalue weighted by atomic mass is 19.4. The van der Waals surface area contributed by atoms with Crippen LogP contribution in [0.25, 0.3) is 0 Å². The van der Waals surface area contributed by atoms with Gasteiger partial charge in [-0.05, 0) is 57.6 Å². The summed E-state index contributed by atoms with van der Waals surface area (Å²) in [7, 11) is 2.19. The van der Waals surface area contributed by atoms with Crippen molar-refractivity contribution in [2.45, 2.75) is 77.9 Å². The number of halogens is 3. The SMILES string of the molecule is CC(C)[C@@H]1C[C@H](N(C)C(C)C)CC[C@@H]1NC(=O)CNC(=O)OCc1ccccc1.O=C(O)C(F)(F)F. The van der Waals surface area contributed by atoms with Gasteiger partial charge < -0.3 is 25.4 Å². The van der Waals surface area contributed by atoms with Crippen LogP contribution in [0.4, 0.5) is 18.0 Å². The van der Waals surface area contributed by atoms with Gasteiger partial charge in [0.25, 0.3) is 0 Å². The molecule has 0 bridgehead atoms. The minimum absolute atomic E-state index is 0.0652. The molecular weight excluding hydrogens is 479 g/mol. The molecule has 1 saturated carbocycles. The van der Waals surface area contributed by atoms with Gasteiger partial charge in [-0.1, -0.05) is 44.2 Å². The average Bonchev–Trinajstić information content (AvgIpc) is 2.81. The van der Waals surface area contributed by atoms with E-state index in [1.54, 1.807) is 0 Å². The zero-order valence-corrected chi connectivity index (χ0v) is 21.5. The maximum atomic E-state index is 12.4. The molecule has 1 aromatic rings. The van der Waals surface area contributed by atoms with Gasteiger partial charge in [0, 0.05) is 18.1 Å². The average molecular weight is 518 g/mol. The van der Waals surface area contributed by atoms with Gasteiger partial charge in [-0.2, -0.15) is 13.2 Å². The van der Waals surface area contributed by atoms with Crippen molar-refractivity contribution < 1.29 is 37.4 Å². The summed E-state index contributed by atoms with van der Waals surface area (Å²) >= 11 is 0. The molecule has 1 aliphatic rings. The van der Waals surface area contributed by atoms with Gasteiger partial charge in [-0.3, -0.25) is 4.79 Å². The van der Waals surface area contributed by atoms with Crippen LogP contribution in [0.3, 0.4) is 0 Å². The van der Waals surface area contributed by atoms with E-state index in [2.05, 4.69) is 50.3 Å². The Balaban J connectivity index is 0.000000809. The number of hydrogen-bond donors (Lipinski definition) is 3. The van der Waals surface area contributed by atoms with E-state index >= 15 is 0 Å². The Hall–Kier alpha value is -2.82. The summed E-state index contributed by atoms with van der Waals surface area (Å²) < 4.78 is 36.9. The van der Waals surface area contributed by atoms with E-state index in [1.165, 1.54) is 0 Å². The quantitative estimate of drug-likeness (QED) is 0.477. The summed E-state index contributed by atoms with van der Waals surface area (Å²) in [5.41, 5.74) is 0.912. The van der Waals surface area contributed by atoms with E-state index in [1.807, 2.05) is 30.3 Å². The third kappa shape index (κ3) is 11.3. The fourth-order valence-electron chi connectivity index (χ4n) is 4.07. The monoisotopic (exact) mass is 517 g/mol. The number of carboxylic acids is 1. The van der Waals surface area contributed by atoms with Gasteiger partial charge in [0.1, 0.15) is 13.2 Å². The highest BCUT2D eigenvalue weighted by Crippen LogP contribution is 2.33. The maximum Gasteiger partial charge on any atom is 0.490 e. The second kappa shape index (κ2) is 14.7. The minimum atomic E-state index is -5.08. The van der Waals surface area contributed by atoms with Crippen molar-refractivity contribution in [2.75, 3.05) is 13.6 Å². The second-order valence-electron chi connectivity index (χ2n) is 9.53. The summed E-state index contributed by atoms with van der Waals surface area (Å²) in [5.74, 6) is -1.99. The van der Waals surface area contributed by atoms with Crippen LogP contribution in [-0.4, -0.2) is 65.9 Å². The number of amides is 2. The van der Waals surface area contributed by atoms with Gasteiger partial charge >= 0.3 is 18.2 Å². The summed E-state index contributed by atoms with van der Waals surface area (Å²) in [6.07, 6.45) is -2.53. The van der Waals surface area contributed by atoms with Crippen molar-refractivity contribution in [1.29, 1.82) is 0 Å². The van der Waals surface area contributed by atoms with Crippen LogP contribution in [0, 0.1) is 11.8 Å². The topological polar surface area (TPSA) is 108 Å². The summed E-state index contributed by atoms with van der Waals surface area (Å²) in [6.45, 7) is 9.02. The molecule has 2 rings (SSSR count). The zero-order chi connectivity index (χ0) is 27.5. The molecule has 1 aliphatic carbocycles. The molecular formula is C25H38F3N3O5. The molecule has 8 nitrogen and oxygen atoms in total. The van der Waals surface area contributed by atoms with Crippen molar-refractivity contribution in [3.63, 3.8) is 0 Å². The van der Waals surface area contributed by atoms with E-state index in [4.69, 9.17) is 14.6 Å². The lowest BCUT2D eigenvalue weighted by Crippen LogP contribution is -2.52. The number of carboxylic acid groups (broad SMARTS) is 1. The van der Waals surface area contributed by atoms with E-state index in [0.29, 0.717) is 23.9 Å². The Morgan fingerprint density at radius 3 is 2.19 bits per heavy atom. The summed E-state index contributed by atoms with van der Waals surface area (Å²) in [6, 6.07) is 10.7. The van der Waals surface area contributed by atoms with E-state index < -0.39 is 18.2 Å². The Morgan fingerprint density at radius 1 is 1.11 bits per heavy atom. The lowest BCUT2D eigenvalue weighted by Gasteiger charge is -2.43. The van der Waals surface area contributed by atoms with Gasteiger partial charge in [-0.15, -0.1) is 0 Å². The summed E-state index contributed by atoms with van der Waals surface area (Å²) in [4.78, 5) is 35.6. The number of benzene rings is 1. The maximum absolute atomic E-state index is 12.4. The normalized spacial score (nSPS) is 19.9. The molecule has 36 heavy (non-hydrogen) atoms. The molecule has 0 unspecified atom stereocenters. The van der Waals surface area contributed by atoms with Crippen LogP contribution in [0.5, 0.6) is 0 Å². The van der Waals surface area contributed by atoms with Crippen LogP contribution in [0.1, 0.15) is 52.5 Å². The van der Waals surface area contributed by atoms with Crippen LogP contribution >= 0.6 is 0 Å². The highest BCUT2D eigenvalue weighted by Gasteiger charge is 2.38. The first kappa shape index (κ1) is 31.2. The number of alkyl carbamates (subject to hydrolysis) is 1. The fraction of sp³-hybridized carbons (Fsp3) is 0.640. The number of nitrogens with zero attached hydrogens (tertiary/aromatic N) is 1. The van der Waals surface area contributed by atoms with Crippen molar-refractivity contribution >= 4 is 18.0 Å². The van der Waals surface area contributed by atoms with Crippen molar-refractivity contribution in [3.8, 4) is 0 Å². The highest BCUT2D eigenvalue weighted by molar-refractivity contribution is 5.82. The molecule has 3 atom stereocenters. The van der Waals surface area contributed by atoms with Crippen LogP contribution in [0.2, 0.25) is 0 Å². The molecule has 0 aromatic heterocycles. The van der Waals surface area contributed by atoms with E-state index in [-0.39, 0.29) is 25.1 Å². The molecule has 2 amide bonds. The van der Waals surface area contributed by atoms with E-state index in [9.17, 15) is 22.8 Å². The third-order valence-corrected chi connectivity index (χ3v) is 6.31. The van der Waals surface area contributed by atoms with Gasteiger partial charge in [0.2, 0.25) is 5.91 Å². The number of hydrogen-bond acceptors (Lipinski definition) is 5. The van der Waals surface area contributed by atoms with E-state index in [0.717, 1.165) is 24.8 Å². The molecule has 0 radical (unpaired) electrons. The predicted octanol–water partition coefficient (Wildman–Crippen LogP) is 4.20. The molecule has 0 saturated heterocycles. The third-order valence-electron chi connectivity index (χ3n) is 6.31. The molecule has 3 N–H and O–H groups in total. The largest absolute Gasteiger partial charge is 0.490 e. The van der Waals surface area contributed by atoms with Crippen LogP contribution in [0.15, 0.2) is 30.3 Å². The van der Waals surface area contributed by atoms with Gasteiger partial charge in [0.05, 0.1) is 0 Å². The number of alkyl halides is 3. The molecule has 11 heteroatoms. The summed E-state index contributed by atoms with van der Waals surface area (Å²) in [5, 5.41) is 12.8.